The Labute approximate surface area is 113 Å². The van der Waals surface area contributed by atoms with Crippen molar-refractivity contribution in [3.63, 3.8) is 0 Å². The Morgan fingerprint density at radius 3 is 2.68 bits per heavy atom. The molecule has 0 bridgehead atoms. The van der Waals surface area contributed by atoms with Crippen molar-refractivity contribution in [3.05, 3.63) is 23.6 Å². The highest BCUT2D eigenvalue weighted by atomic mass is 16.3. The van der Waals surface area contributed by atoms with Crippen LogP contribution < -0.4 is 10.2 Å². The van der Waals surface area contributed by atoms with Crippen molar-refractivity contribution < 1.29 is 4.42 Å². The molecule has 1 fully saturated rings. The van der Waals surface area contributed by atoms with Crippen LogP contribution in [0.15, 0.2) is 16.5 Å². The van der Waals surface area contributed by atoms with Gasteiger partial charge in [0.1, 0.15) is 5.52 Å². The highest BCUT2D eigenvalue weighted by Crippen LogP contribution is 2.28. The molecule has 0 unspecified atom stereocenters. The maximum absolute atomic E-state index is 5.86. The first-order valence-electron chi connectivity index (χ1n) is 7.02. The standard InChI is InChI=1S/C15H21N3O/c1-10(2)15-17-13-9-12(8-11(3)14(13)19-15)18-6-4-16-5-7-18/h8-10,16H,4-7H2,1-3H3. The second-order valence-electron chi connectivity index (χ2n) is 5.55. The van der Waals surface area contributed by atoms with Crippen molar-refractivity contribution in [2.24, 2.45) is 0 Å². The second kappa shape index (κ2) is 4.85. The van der Waals surface area contributed by atoms with E-state index in [1.54, 1.807) is 0 Å². The minimum atomic E-state index is 0.328. The summed E-state index contributed by atoms with van der Waals surface area (Å²) < 4.78 is 5.86. The summed E-state index contributed by atoms with van der Waals surface area (Å²) in [7, 11) is 0. The first kappa shape index (κ1) is 12.5. The van der Waals surface area contributed by atoms with Crippen LogP contribution >= 0.6 is 0 Å². The highest BCUT2D eigenvalue weighted by Gasteiger charge is 2.16. The van der Waals surface area contributed by atoms with Gasteiger partial charge in [0, 0.05) is 37.8 Å². The monoisotopic (exact) mass is 259 g/mol. The fourth-order valence-corrected chi connectivity index (χ4v) is 2.55. The lowest BCUT2D eigenvalue weighted by Gasteiger charge is -2.29. The van der Waals surface area contributed by atoms with Crippen molar-refractivity contribution in [3.8, 4) is 0 Å². The first-order valence-corrected chi connectivity index (χ1v) is 7.02. The van der Waals surface area contributed by atoms with E-state index in [-0.39, 0.29) is 0 Å². The van der Waals surface area contributed by atoms with Gasteiger partial charge in [-0.15, -0.1) is 0 Å². The molecule has 0 spiro atoms. The highest BCUT2D eigenvalue weighted by molar-refractivity contribution is 5.81. The van der Waals surface area contributed by atoms with Gasteiger partial charge in [0.25, 0.3) is 0 Å². The second-order valence-corrected chi connectivity index (χ2v) is 5.55. The number of hydrogen-bond acceptors (Lipinski definition) is 4. The van der Waals surface area contributed by atoms with Crippen LogP contribution in [0.25, 0.3) is 11.1 Å². The van der Waals surface area contributed by atoms with Crippen LogP contribution in [-0.2, 0) is 0 Å². The van der Waals surface area contributed by atoms with Gasteiger partial charge in [0.2, 0.25) is 0 Å². The van der Waals surface area contributed by atoms with Crippen molar-refractivity contribution >= 4 is 16.8 Å². The largest absolute Gasteiger partial charge is 0.440 e. The van der Waals surface area contributed by atoms with Gasteiger partial charge in [0.15, 0.2) is 11.5 Å². The zero-order chi connectivity index (χ0) is 13.4. The van der Waals surface area contributed by atoms with Crippen molar-refractivity contribution in [1.82, 2.24) is 10.3 Å². The molecule has 1 aromatic heterocycles. The normalized spacial score (nSPS) is 16.5. The number of rotatable bonds is 2. The number of hydrogen-bond donors (Lipinski definition) is 1. The number of benzene rings is 1. The molecule has 1 saturated heterocycles. The lowest BCUT2D eigenvalue weighted by molar-refractivity contribution is 0.500. The minimum Gasteiger partial charge on any atom is -0.440 e. The molecule has 0 aliphatic carbocycles. The van der Waals surface area contributed by atoms with Gasteiger partial charge in [-0.05, 0) is 24.6 Å². The van der Waals surface area contributed by atoms with Crippen LogP contribution in [0.1, 0.15) is 31.2 Å². The average Bonchev–Trinajstić information content (AvgIpc) is 2.84. The third-order valence-corrected chi connectivity index (χ3v) is 3.65. The van der Waals surface area contributed by atoms with Crippen molar-refractivity contribution in [2.75, 3.05) is 31.1 Å². The van der Waals surface area contributed by atoms with Gasteiger partial charge in [-0.25, -0.2) is 4.98 Å². The van der Waals surface area contributed by atoms with Crippen molar-refractivity contribution in [2.45, 2.75) is 26.7 Å². The molecule has 0 radical (unpaired) electrons. The Balaban J connectivity index is 2.02. The summed E-state index contributed by atoms with van der Waals surface area (Å²) in [6.45, 7) is 10.5. The quantitative estimate of drug-likeness (QED) is 0.900. The van der Waals surface area contributed by atoms with Gasteiger partial charge in [0.05, 0.1) is 0 Å². The molecule has 2 aromatic rings. The summed E-state index contributed by atoms with van der Waals surface area (Å²) in [6, 6.07) is 4.37. The Morgan fingerprint density at radius 2 is 2.00 bits per heavy atom. The first-order chi connectivity index (χ1) is 9.15. The molecular formula is C15H21N3O. The van der Waals surface area contributed by atoms with E-state index < -0.39 is 0 Å². The van der Waals surface area contributed by atoms with E-state index in [4.69, 9.17) is 4.42 Å². The number of nitrogens with zero attached hydrogens (tertiary/aromatic N) is 2. The zero-order valence-corrected chi connectivity index (χ0v) is 11.9. The van der Waals surface area contributed by atoms with E-state index in [1.165, 1.54) is 11.3 Å². The molecule has 4 nitrogen and oxygen atoms in total. The van der Waals surface area contributed by atoms with Gasteiger partial charge in [-0.1, -0.05) is 13.8 Å². The van der Waals surface area contributed by atoms with E-state index in [1.807, 2.05) is 0 Å². The molecule has 4 heteroatoms. The Morgan fingerprint density at radius 1 is 1.26 bits per heavy atom. The van der Waals surface area contributed by atoms with Gasteiger partial charge in [-0.3, -0.25) is 0 Å². The number of aryl methyl sites for hydroxylation is 1. The molecule has 19 heavy (non-hydrogen) atoms. The molecule has 0 saturated carbocycles. The van der Waals surface area contributed by atoms with E-state index in [0.717, 1.165) is 43.2 Å². The molecule has 1 aliphatic rings. The third kappa shape index (κ3) is 2.32. The van der Waals surface area contributed by atoms with Crippen molar-refractivity contribution in [1.29, 1.82) is 0 Å². The van der Waals surface area contributed by atoms with Crippen LogP contribution in [0.4, 0.5) is 5.69 Å². The van der Waals surface area contributed by atoms with E-state index in [9.17, 15) is 0 Å². The predicted octanol–water partition coefficient (Wildman–Crippen LogP) is 2.67. The number of nitrogens with one attached hydrogen (secondary N) is 1. The summed E-state index contributed by atoms with van der Waals surface area (Å²) in [5, 5.41) is 3.38. The summed E-state index contributed by atoms with van der Waals surface area (Å²) in [5.74, 6) is 1.16. The van der Waals surface area contributed by atoms with Crippen LogP contribution in [0.3, 0.4) is 0 Å². The Kier molecular flexibility index (Phi) is 3.19. The Hall–Kier alpha value is -1.55. The van der Waals surface area contributed by atoms with Gasteiger partial charge < -0.3 is 14.6 Å². The maximum Gasteiger partial charge on any atom is 0.198 e. The molecule has 1 aromatic carbocycles. The average molecular weight is 259 g/mol. The lowest BCUT2D eigenvalue weighted by atomic mass is 10.1. The van der Waals surface area contributed by atoms with Crippen LogP contribution in [0, 0.1) is 6.92 Å². The minimum absolute atomic E-state index is 0.328. The van der Waals surface area contributed by atoms with Gasteiger partial charge >= 0.3 is 0 Å². The molecule has 3 rings (SSSR count). The Bertz CT molecular complexity index is 582. The molecule has 1 N–H and O–H groups in total. The number of piperazine rings is 1. The maximum atomic E-state index is 5.86. The SMILES string of the molecule is Cc1cc(N2CCNCC2)cc2nc(C(C)C)oc12. The third-order valence-electron chi connectivity index (χ3n) is 3.65. The summed E-state index contributed by atoms with van der Waals surface area (Å²) >= 11 is 0. The number of aromatic nitrogens is 1. The summed E-state index contributed by atoms with van der Waals surface area (Å²) in [5.41, 5.74) is 4.35. The number of anilines is 1. The topological polar surface area (TPSA) is 41.3 Å². The summed E-state index contributed by atoms with van der Waals surface area (Å²) in [6.07, 6.45) is 0. The fraction of sp³-hybridized carbons (Fsp3) is 0.533. The number of fused-ring (bicyclic) bond motifs is 1. The van der Waals surface area contributed by atoms with Crippen LogP contribution in [0.5, 0.6) is 0 Å². The molecule has 0 atom stereocenters. The van der Waals surface area contributed by atoms with Crippen LogP contribution in [-0.4, -0.2) is 31.2 Å². The van der Waals surface area contributed by atoms with Gasteiger partial charge in [-0.2, -0.15) is 0 Å². The fourth-order valence-electron chi connectivity index (χ4n) is 2.55. The predicted molar refractivity (Wildman–Crippen MR) is 77.9 cm³/mol. The lowest BCUT2D eigenvalue weighted by Crippen LogP contribution is -2.43. The molecular weight excluding hydrogens is 238 g/mol. The smallest absolute Gasteiger partial charge is 0.198 e. The molecule has 2 heterocycles. The van der Waals surface area contributed by atoms with E-state index in [0.29, 0.717) is 5.92 Å². The molecule has 0 amide bonds. The van der Waals surface area contributed by atoms with Crippen LogP contribution in [0.2, 0.25) is 0 Å². The van der Waals surface area contributed by atoms with E-state index >= 15 is 0 Å². The zero-order valence-electron chi connectivity index (χ0n) is 11.9. The molecule has 1 aliphatic heterocycles. The van der Waals surface area contributed by atoms with E-state index in [2.05, 4.69) is 48.1 Å². The number of oxazole rings is 1. The molecule has 102 valence electrons. The summed E-state index contributed by atoms with van der Waals surface area (Å²) in [4.78, 5) is 7.03.